The van der Waals surface area contributed by atoms with Gasteiger partial charge in [-0.25, -0.2) is 4.98 Å². The first-order valence-corrected chi connectivity index (χ1v) is 6.20. The Balaban J connectivity index is 1.87. The van der Waals surface area contributed by atoms with E-state index in [9.17, 15) is 0 Å². The Hall–Kier alpha value is -0.910. The van der Waals surface area contributed by atoms with Gasteiger partial charge in [0.05, 0.1) is 18.6 Å². The molecule has 1 aliphatic heterocycles. The van der Waals surface area contributed by atoms with Gasteiger partial charge in [0.2, 0.25) is 0 Å². The second-order valence-corrected chi connectivity index (χ2v) is 4.31. The zero-order chi connectivity index (χ0) is 11.9. The SMILES string of the molecule is COCCNCc1cncn1C1CCOCC1. The molecule has 0 spiro atoms. The summed E-state index contributed by atoms with van der Waals surface area (Å²) >= 11 is 0. The number of nitrogens with one attached hydrogen (secondary N) is 1. The number of nitrogens with zero attached hydrogens (tertiary/aromatic N) is 2. The Morgan fingerprint density at radius 2 is 2.35 bits per heavy atom. The van der Waals surface area contributed by atoms with E-state index in [1.165, 1.54) is 5.69 Å². The molecule has 0 aliphatic carbocycles. The van der Waals surface area contributed by atoms with Gasteiger partial charge >= 0.3 is 0 Å². The topological polar surface area (TPSA) is 48.3 Å². The molecule has 1 aromatic heterocycles. The van der Waals surface area contributed by atoms with E-state index in [0.29, 0.717) is 6.04 Å². The van der Waals surface area contributed by atoms with Gasteiger partial charge in [-0.15, -0.1) is 0 Å². The van der Waals surface area contributed by atoms with Crippen molar-refractivity contribution in [2.24, 2.45) is 0 Å². The Labute approximate surface area is 102 Å². The van der Waals surface area contributed by atoms with Gasteiger partial charge in [0.15, 0.2) is 0 Å². The summed E-state index contributed by atoms with van der Waals surface area (Å²) in [6.07, 6.45) is 6.04. The van der Waals surface area contributed by atoms with Crippen LogP contribution in [0.1, 0.15) is 24.6 Å². The van der Waals surface area contributed by atoms with Gasteiger partial charge in [-0.3, -0.25) is 0 Å². The van der Waals surface area contributed by atoms with Crippen LogP contribution in [0.2, 0.25) is 0 Å². The highest BCUT2D eigenvalue weighted by Gasteiger charge is 2.17. The number of aromatic nitrogens is 2. The number of imidazole rings is 1. The molecule has 0 amide bonds. The maximum atomic E-state index is 5.38. The second-order valence-electron chi connectivity index (χ2n) is 4.31. The van der Waals surface area contributed by atoms with E-state index in [0.717, 1.165) is 45.8 Å². The molecule has 1 N–H and O–H groups in total. The number of hydrogen-bond acceptors (Lipinski definition) is 4. The van der Waals surface area contributed by atoms with E-state index in [1.807, 2.05) is 12.5 Å². The fraction of sp³-hybridized carbons (Fsp3) is 0.750. The van der Waals surface area contributed by atoms with Crippen LogP contribution in [0.4, 0.5) is 0 Å². The fourth-order valence-electron chi connectivity index (χ4n) is 2.15. The first kappa shape index (κ1) is 12.5. The molecule has 0 radical (unpaired) electrons. The first-order chi connectivity index (χ1) is 8.42. The fourth-order valence-corrected chi connectivity index (χ4v) is 2.15. The molecule has 17 heavy (non-hydrogen) atoms. The van der Waals surface area contributed by atoms with Gasteiger partial charge in [-0.2, -0.15) is 0 Å². The third kappa shape index (κ3) is 3.52. The summed E-state index contributed by atoms with van der Waals surface area (Å²) in [6.45, 7) is 4.18. The molecule has 5 nitrogen and oxygen atoms in total. The minimum absolute atomic E-state index is 0.547. The standard InChI is InChI=1S/C12H21N3O2/c1-16-7-4-13-8-12-9-14-10-15(12)11-2-5-17-6-3-11/h9-11,13H,2-8H2,1H3. The van der Waals surface area contributed by atoms with E-state index in [1.54, 1.807) is 7.11 Å². The lowest BCUT2D eigenvalue weighted by molar-refractivity contribution is 0.0688. The minimum Gasteiger partial charge on any atom is -0.383 e. The van der Waals surface area contributed by atoms with Crippen molar-refractivity contribution < 1.29 is 9.47 Å². The van der Waals surface area contributed by atoms with Crippen LogP contribution in [0.3, 0.4) is 0 Å². The third-order valence-electron chi connectivity index (χ3n) is 3.12. The molecule has 0 aromatic carbocycles. The largest absolute Gasteiger partial charge is 0.383 e. The first-order valence-electron chi connectivity index (χ1n) is 6.20. The van der Waals surface area contributed by atoms with E-state index in [2.05, 4.69) is 14.9 Å². The summed E-state index contributed by atoms with van der Waals surface area (Å²) in [5.41, 5.74) is 1.24. The van der Waals surface area contributed by atoms with Crippen molar-refractivity contribution in [3.63, 3.8) is 0 Å². The summed E-state index contributed by atoms with van der Waals surface area (Å²) < 4.78 is 12.7. The van der Waals surface area contributed by atoms with Crippen LogP contribution >= 0.6 is 0 Å². The summed E-state index contributed by atoms with van der Waals surface area (Å²) in [7, 11) is 1.72. The van der Waals surface area contributed by atoms with Crippen LogP contribution in [0.15, 0.2) is 12.5 Å². The van der Waals surface area contributed by atoms with Gasteiger partial charge in [0.1, 0.15) is 0 Å². The van der Waals surface area contributed by atoms with E-state index in [4.69, 9.17) is 9.47 Å². The van der Waals surface area contributed by atoms with Gasteiger partial charge in [-0.05, 0) is 12.8 Å². The van der Waals surface area contributed by atoms with Gasteiger partial charge < -0.3 is 19.4 Å². The zero-order valence-corrected chi connectivity index (χ0v) is 10.4. The lowest BCUT2D eigenvalue weighted by Gasteiger charge is -2.25. The molecule has 1 saturated heterocycles. The van der Waals surface area contributed by atoms with Crippen LogP contribution < -0.4 is 5.32 Å². The maximum absolute atomic E-state index is 5.38. The zero-order valence-electron chi connectivity index (χ0n) is 10.4. The predicted octanol–water partition coefficient (Wildman–Crippen LogP) is 0.971. The maximum Gasteiger partial charge on any atom is 0.0951 e. The lowest BCUT2D eigenvalue weighted by atomic mass is 10.1. The highest BCUT2D eigenvalue weighted by Crippen LogP contribution is 2.22. The molecular weight excluding hydrogens is 218 g/mol. The second kappa shape index (κ2) is 6.74. The van der Waals surface area contributed by atoms with Crippen molar-refractivity contribution >= 4 is 0 Å². The highest BCUT2D eigenvalue weighted by atomic mass is 16.5. The minimum atomic E-state index is 0.547. The lowest BCUT2D eigenvalue weighted by Crippen LogP contribution is -2.24. The molecular formula is C12H21N3O2. The third-order valence-corrected chi connectivity index (χ3v) is 3.12. The normalized spacial score (nSPS) is 17.5. The molecule has 96 valence electrons. The van der Waals surface area contributed by atoms with Gasteiger partial charge in [-0.1, -0.05) is 0 Å². The molecule has 0 bridgehead atoms. The molecule has 1 aliphatic rings. The van der Waals surface area contributed by atoms with Crippen LogP contribution in [0.5, 0.6) is 0 Å². The molecule has 0 unspecified atom stereocenters. The number of rotatable bonds is 6. The van der Waals surface area contributed by atoms with Crippen molar-refractivity contribution in [1.82, 2.24) is 14.9 Å². The van der Waals surface area contributed by atoms with Gasteiger partial charge in [0, 0.05) is 45.7 Å². The van der Waals surface area contributed by atoms with Crippen molar-refractivity contribution in [2.75, 3.05) is 33.5 Å². The van der Waals surface area contributed by atoms with Gasteiger partial charge in [0.25, 0.3) is 0 Å². The quantitative estimate of drug-likeness (QED) is 0.752. The Morgan fingerprint density at radius 3 is 3.12 bits per heavy atom. The average Bonchev–Trinajstić information content (AvgIpc) is 2.84. The highest BCUT2D eigenvalue weighted by molar-refractivity contribution is 5.00. The average molecular weight is 239 g/mol. The predicted molar refractivity (Wildman–Crippen MR) is 64.9 cm³/mol. The summed E-state index contributed by atoms with van der Waals surface area (Å²) in [5.74, 6) is 0. The van der Waals surface area contributed by atoms with Crippen molar-refractivity contribution in [1.29, 1.82) is 0 Å². The summed E-state index contributed by atoms with van der Waals surface area (Å²) in [4.78, 5) is 4.25. The number of ether oxygens (including phenoxy) is 2. The van der Waals surface area contributed by atoms with E-state index < -0.39 is 0 Å². The summed E-state index contributed by atoms with van der Waals surface area (Å²) in [6, 6.07) is 0.547. The van der Waals surface area contributed by atoms with Crippen molar-refractivity contribution in [3.8, 4) is 0 Å². The number of methoxy groups -OCH3 is 1. The Bertz CT molecular complexity index is 321. The van der Waals surface area contributed by atoms with E-state index >= 15 is 0 Å². The van der Waals surface area contributed by atoms with Crippen molar-refractivity contribution in [3.05, 3.63) is 18.2 Å². The van der Waals surface area contributed by atoms with Crippen LogP contribution in [-0.4, -0.2) is 43.0 Å². The van der Waals surface area contributed by atoms with Crippen molar-refractivity contribution in [2.45, 2.75) is 25.4 Å². The number of hydrogen-bond donors (Lipinski definition) is 1. The molecule has 5 heteroatoms. The Morgan fingerprint density at radius 1 is 1.53 bits per heavy atom. The smallest absolute Gasteiger partial charge is 0.0951 e. The van der Waals surface area contributed by atoms with Crippen LogP contribution in [-0.2, 0) is 16.0 Å². The molecule has 1 fully saturated rings. The molecule has 2 heterocycles. The van der Waals surface area contributed by atoms with Crippen LogP contribution in [0.25, 0.3) is 0 Å². The monoisotopic (exact) mass is 239 g/mol. The Kier molecular flexibility index (Phi) is 4.97. The van der Waals surface area contributed by atoms with E-state index in [-0.39, 0.29) is 0 Å². The molecule has 2 rings (SSSR count). The van der Waals surface area contributed by atoms with Crippen LogP contribution in [0, 0.1) is 0 Å². The summed E-state index contributed by atoms with van der Waals surface area (Å²) in [5, 5.41) is 3.35. The molecule has 1 aromatic rings. The molecule has 0 saturated carbocycles. The molecule has 0 atom stereocenters.